The number of imide groups is 1. The van der Waals surface area contributed by atoms with E-state index in [9.17, 15) is 19.8 Å². The van der Waals surface area contributed by atoms with E-state index in [1.807, 2.05) is 25.1 Å². The van der Waals surface area contributed by atoms with Gasteiger partial charge in [-0.05, 0) is 56.2 Å². The molecular formula is C28H35NO5. The molecule has 0 radical (unpaired) electrons. The van der Waals surface area contributed by atoms with Crippen molar-refractivity contribution in [3.05, 3.63) is 46.5 Å². The summed E-state index contributed by atoms with van der Waals surface area (Å²) in [6.07, 6.45) is 8.99. The fourth-order valence-electron chi connectivity index (χ4n) is 6.65. The summed E-state index contributed by atoms with van der Waals surface area (Å²) in [6.45, 7) is 2.38. The van der Waals surface area contributed by atoms with Crippen molar-refractivity contribution in [3.63, 3.8) is 0 Å². The van der Waals surface area contributed by atoms with E-state index < -0.39 is 0 Å². The molecule has 0 aromatic heterocycles. The number of likely N-dealkylation sites (tertiary alicyclic amines) is 1. The number of hydrogen-bond donors (Lipinski definition) is 2. The van der Waals surface area contributed by atoms with Crippen molar-refractivity contribution in [1.29, 1.82) is 0 Å². The minimum absolute atomic E-state index is 0.0127. The van der Waals surface area contributed by atoms with Gasteiger partial charge in [0.15, 0.2) is 0 Å². The number of amides is 2. The van der Waals surface area contributed by atoms with Crippen LogP contribution < -0.4 is 0 Å². The Labute approximate surface area is 201 Å². The summed E-state index contributed by atoms with van der Waals surface area (Å²) in [5.41, 5.74) is 3.87. The van der Waals surface area contributed by atoms with Crippen molar-refractivity contribution >= 4 is 17.9 Å². The van der Waals surface area contributed by atoms with Crippen LogP contribution in [0, 0.1) is 17.8 Å². The zero-order valence-corrected chi connectivity index (χ0v) is 19.9. The minimum atomic E-state index is -0.352. The van der Waals surface area contributed by atoms with Crippen LogP contribution in [0.25, 0.3) is 6.08 Å². The molecule has 3 fully saturated rings. The SMILES string of the molecule is C/C(=C\c1ccccc1O)CC[C@H]1OC[C@H]2C1=C(CO)C[C@H]1C(=O)N(C3CCCCC3)C(=O)[C@H]12. The fraction of sp³-hybridized carbons (Fsp3) is 0.571. The Kier molecular flexibility index (Phi) is 6.63. The topological polar surface area (TPSA) is 87.1 Å². The number of allylic oxidation sites excluding steroid dienone is 1. The first-order valence-corrected chi connectivity index (χ1v) is 12.8. The van der Waals surface area contributed by atoms with E-state index in [1.165, 1.54) is 6.42 Å². The van der Waals surface area contributed by atoms with Crippen LogP contribution in [0.2, 0.25) is 0 Å². The van der Waals surface area contributed by atoms with Gasteiger partial charge in [-0.2, -0.15) is 0 Å². The summed E-state index contributed by atoms with van der Waals surface area (Å²) in [5, 5.41) is 20.2. The number of aromatic hydroxyl groups is 1. The van der Waals surface area contributed by atoms with Crippen LogP contribution in [0.3, 0.4) is 0 Å². The van der Waals surface area contributed by atoms with Crippen LogP contribution in [-0.2, 0) is 14.3 Å². The number of nitrogens with zero attached hydrogens (tertiary/aromatic N) is 1. The normalized spacial score (nSPS) is 30.2. The van der Waals surface area contributed by atoms with Crippen LogP contribution in [0.4, 0.5) is 0 Å². The van der Waals surface area contributed by atoms with Gasteiger partial charge < -0.3 is 14.9 Å². The number of ether oxygens (including phenoxy) is 1. The lowest BCUT2D eigenvalue weighted by Crippen LogP contribution is -2.42. The van der Waals surface area contributed by atoms with Crippen LogP contribution >= 0.6 is 0 Å². The van der Waals surface area contributed by atoms with Crippen LogP contribution in [0.15, 0.2) is 41.0 Å². The molecule has 0 bridgehead atoms. The maximum absolute atomic E-state index is 13.5. The average Bonchev–Trinajstić information content (AvgIpc) is 3.38. The highest BCUT2D eigenvalue weighted by atomic mass is 16.5. The van der Waals surface area contributed by atoms with Gasteiger partial charge in [0.05, 0.1) is 31.2 Å². The van der Waals surface area contributed by atoms with Gasteiger partial charge in [0, 0.05) is 17.5 Å². The predicted molar refractivity (Wildman–Crippen MR) is 129 cm³/mol. The molecule has 6 heteroatoms. The Morgan fingerprint density at radius 2 is 1.88 bits per heavy atom. The van der Waals surface area contributed by atoms with Crippen LogP contribution in [0.5, 0.6) is 5.75 Å². The molecule has 6 nitrogen and oxygen atoms in total. The van der Waals surface area contributed by atoms with Gasteiger partial charge in [-0.3, -0.25) is 14.5 Å². The van der Waals surface area contributed by atoms with Crippen molar-refractivity contribution in [2.24, 2.45) is 17.8 Å². The van der Waals surface area contributed by atoms with Crippen molar-refractivity contribution in [2.75, 3.05) is 13.2 Å². The highest BCUT2D eigenvalue weighted by Crippen LogP contribution is 2.50. The van der Waals surface area contributed by atoms with Crippen molar-refractivity contribution in [1.82, 2.24) is 4.90 Å². The molecule has 2 aliphatic heterocycles. The number of aliphatic hydroxyl groups excluding tert-OH is 1. The molecule has 34 heavy (non-hydrogen) atoms. The van der Waals surface area contributed by atoms with Crippen LogP contribution in [-0.4, -0.2) is 52.3 Å². The number of fused-ring (bicyclic) bond motifs is 3. The summed E-state index contributed by atoms with van der Waals surface area (Å²) in [7, 11) is 0. The molecular weight excluding hydrogens is 430 g/mol. The second-order valence-electron chi connectivity index (χ2n) is 10.4. The number of phenols is 1. The Bertz CT molecular complexity index is 1020. The number of aliphatic hydroxyl groups is 1. The summed E-state index contributed by atoms with van der Waals surface area (Å²) in [4.78, 5) is 28.5. The summed E-state index contributed by atoms with van der Waals surface area (Å²) < 4.78 is 6.20. The fourth-order valence-corrected chi connectivity index (χ4v) is 6.65. The summed E-state index contributed by atoms with van der Waals surface area (Å²) in [6, 6.07) is 7.31. The molecule has 2 saturated heterocycles. The van der Waals surface area contributed by atoms with Gasteiger partial charge in [0.25, 0.3) is 0 Å². The van der Waals surface area contributed by atoms with E-state index in [2.05, 4.69) is 0 Å². The number of hydrogen-bond acceptors (Lipinski definition) is 5. The molecule has 2 N–H and O–H groups in total. The summed E-state index contributed by atoms with van der Waals surface area (Å²) in [5.74, 6) is -0.594. The number of benzene rings is 1. The quantitative estimate of drug-likeness (QED) is 0.485. The summed E-state index contributed by atoms with van der Waals surface area (Å²) >= 11 is 0. The molecule has 1 aromatic rings. The van der Waals surface area contributed by atoms with Gasteiger partial charge in [-0.1, -0.05) is 49.1 Å². The molecule has 0 unspecified atom stereocenters. The Morgan fingerprint density at radius 3 is 2.62 bits per heavy atom. The lowest BCUT2D eigenvalue weighted by Gasteiger charge is -2.31. The average molecular weight is 466 g/mol. The second kappa shape index (κ2) is 9.67. The van der Waals surface area contributed by atoms with E-state index in [1.54, 1.807) is 17.0 Å². The standard InChI is InChI=1S/C28H35NO5/c1-17(13-18-7-5-6-10-23(18)31)11-12-24-25-19(15-30)14-21-26(22(25)16-34-24)28(33)29(27(21)32)20-8-3-2-4-9-20/h5-7,10,13,20-22,24,26,30-31H,2-4,8-9,11-12,14-16H2,1H3/b17-13+/t21-,22+,24-,26-/m1/s1. The Balaban J connectivity index is 1.33. The number of phenolic OH excluding ortho intramolecular Hbond substituents is 1. The largest absolute Gasteiger partial charge is 0.507 e. The van der Waals surface area contributed by atoms with Gasteiger partial charge >= 0.3 is 0 Å². The highest BCUT2D eigenvalue weighted by Gasteiger charge is 2.58. The molecule has 4 atom stereocenters. The molecule has 0 spiro atoms. The lowest BCUT2D eigenvalue weighted by molar-refractivity contribution is -0.143. The second-order valence-corrected chi connectivity index (χ2v) is 10.4. The third-order valence-corrected chi connectivity index (χ3v) is 8.31. The third kappa shape index (κ3) is 4.11. The van der Waals surface area contributed by atoms with E-state index >= 15 is 0 Å². The first-order chi connectivity index (χ1) is 16.5. The third-order valence-electron chi connectivity index (χ3n) is 8.31. The molecule has 1 aromatic carbocycles. The molecule has 2 heterocycles. The number of carbonyl (C=O) groups excluding carboxylic acids is 2. The van der Waals surface area contributed by atoms with Gasteiger partial charge in [-0.15, -0.1) is 0 Å². The molecule has 182 valence electrons. The number of rotatable bonds is 6. The number of carbonyl (C=O) groups is 2. The monoisotopic (exact) mass is 465 g/mol. The first kappa shape index (κ1) is 23.3. The Morgan fingerprint density at radius 1 is 1.12 bits per heavy atom. The zero-order valence-electron chi connectivity index (χ0n) is 19.9. The van der Waals surface area contributed by atoms with E-state index in [0.29, 0.717) is 13.0 Å². The molecule has 1 saturated carbocycles. The number of para-hydroxylation sites is 1. The molecule has 5 rings (SSSR count). The lowest BCUT2D eigenvalue weighted by atomic mass is 9.69. The van der Waals surface area contributed by atoms with Crippen molar-refractivity contribution in [3.8, 4) is 5.75 Å². The van der Waals surface area contributed by atoms with Crippen LogP contribution in [0.1, 0.15) is 63.9 Å². The maximum atomic E-state index is 13.5. The predicted octanol–water partition coefficient (Wildman–Crippen LogP) is 4.22. The molecule has 2 amide bonds. The van der Waals surface area contributed by atoms with Crippen molar-refractivity contribution < 1.29 is 24.5 Å². The molecule has 2 aliphatic carbocycles. The minimum Gasteiger partial charge on any atom is -0.507 e. The van der Waals surface area contributed by atoms with E-state index in [-0.39, 0.29) is 54.1 Å². The van der Waals surface area contributed by atoms with E-state index in [4.69, 9.17) is 4.74 Å². The maximum Gasteiger partial charge on any atom is 0.234 e. The smallest absolute Gasteiger partial charge is 0.234 e. The Hall–Kier alpha value is -2.44. The highest BCUT2D eigenvalue weighted by molar-refractivity contribution is 6.06. The van der Waals surface area contributed by atoms with Crippen molar-refractivity contribution in [2.45, 2.75) is 70.4 Å². The van der Waals surface area contributed by atoms with E-state index in [0.717, 1.165) is 60.8 Å². The van der Waals surface area contributed by atoms with Gasteiger partial charge in [0.1, 0.15) is 5.75 Å². The van der Waals surface area contributed by atoms with Gasteiger partial charge in [-0.25, -0.2) is 0 Å². The zero-order chi connectivity index (χ0) is 23.8. The molecule has 4 aliphatic rings. The van der Waals surface area contributed by atoms with Gasteiger partial charge in [0.2, 0.25) is 11.8 Å². The first-order valence-electron chi connectivity index (χ1n) is 12.8.